The Hall–Kier alpha value is -0.880. The summed E-state index contributed by atoms with van der Waals surface area (Å²) in [6.07, 6.45) is 1.66. The fourth-order valence-electron chi connectivity index (χ4n) is 2.39. The van der Waals surface area contributed by atoms with Crippen LogP contribution in [0.5, 0.6) is 0 Å². The standard InChI is InChI=1S/C14H18BrClN4/c1-4-20-14(11(16)7-18-20)13(19-17)10-5-8(2)12(15)9(3)6-10/h5-7,13,19H,4,17H2,1-3H3. The van der Waals surface area contributed by atoms with E-state index in [1.807, 2.05) is 11.6 Å². The molecule has 1 heterocycles. The third kappa shape index (κ3) is 2.76. The first-order valence-electron chi connectivity index (χ1n) is 6.43. The number of aromatic nitrogens is 2. The molecule has 2 aromatic rings. The van der Waals surface area contributed by atoms with E-state index in [4.69, 9.17) is 17.4 Å². The van der Waals surface area contributed by atoms with Gasteiger partial charge in [-0.05, 0) is 37.5 Å². The molecule has 3 N–H and O–H groups in total. The monoisotopic (exact) mass is 356 g/mol. The van der Waals surface area contributed by atoms with E-state index in [0.717, 1.165) is 22.3 Å². The lowest BCUT2D eigenvalue weighted by Gasteiger charge is -2.20. The average molecular weight is 358 g/mol. The number of nitrogens with zero attached hydrogens (tertiary/aromatic N) is 2. The van der Waals surface area contributed by atoms with E-state index < -0.39 is 0 Å². The summed E-state index contributed by atoms with van der Waals surface area (Å²) in [7, 11) is 0. The molecular formula is C14H18BrClN4. The Morgan fingerprint density at radius 1 is 1.40 bits per heavy atom. The van der Waals surface area contributed by atoms with Gasteiger partial charge in [0, 0.05) is 11.0 Å². The van der Waals surface area contributed by atoms with Crippen LogP contribution in [0.4, 0.5) is 0 Å². The molecule has 20 heavy (non-hydrogen) atoms. The van der Waals surface area contributed by atoms with Crippen molar-refractivity contribution >= 4 is 27.5 Å². The smallest absolute Gasteiger partial charge is 0.0893 e. The lowest BCUT2D eigenvalue weighted by atomic mass is 9.99. The van der Waals surface area contributed by atoms with Gasteiger partial charge >= 0.3 is 0 Å². The molecule has 0 aliphatic heterocycles. The molecule has 0 saturated heterocycles. The van der Waals surface area contributed by atoms with Crippen molar-refractivity contribution in [2.75, 3.05) is 0 Å². The van der Waals surface area contributed by atoms with Crippen LogP contribution in [0.3, 0.4) is 0 Å². The average Bonchev–Trinajstić information content (AvgIpc) is 2.78. The van der Waals surface area contributed by atoms with Crippen LogP contribution in [-0.2, 0) is 6.54 Å². The highest BCUT2D eigenvalue weighted by molar-refractivity contribution is 9.10. The van der Waals surface area contributed by atoms with Crippen molar-refractivity contribution in [3.8, 4) is 0 Å². The van der Waals surface area contributed by atoms with Crippen LogP contribution < -0.4 is 11.3 Å². The molecule has 4 nitrogen and oxygen atoms in total. The number of halogens is 2. The van der Waals surface area contributed by atoms with Crippen LogP contribution in [0.1, 0.15) is 35.3 Å². The Morgan fingerprint density at radius 3 is 2.50 bits per heavy atom. The number of benzene rings is 1. The Kier molecular flexibility index (Phi) is 4.86. The summed E-state index contributed by atoms with van der Waals surface area (Å²) in [5, 5.41) is 4.89. The molecule has 0 saturated carbocycles. The molecule has 1 unspecified atom stereocenters. The molecule has 108 valence electrons. The Balaban J connectivity index is 2.55. The van der Waals surface area contributed by atoms with E-state index in [1.165, 1.54) is 11.1 Å². The first kappa shape index (κ1) is 15.5. The van der Waals surface area contributed by atoms with Crippen LogP contribution in [0, 0.1) is 13.8 Å². The molecule has 6 heteroatoms. The molecule has 1 aromatic heterocycles. The maximum Gasteiger partial charge on any atom is 0.0893 e. The molecule has 0 aliphatic carbocycles. The largest absolute Gasteiger partial charge is 0.271 e. The molecule has 0 aliphatic rings. The highest BCUT2D eigenvalue weighted by Crippen LogP contribution is 2.31. The summed E-state index contributed by atoms with van der Waals surface area (Å²) in [5.41, 5.74) is 7.14. The van der Waals surface area contributed by atoms with Crippen molar-refractivity contribution in [1.29, 1.82) is 0 Å². The van der Waals surface area contributed by atoms with Crippen molar-refractivity contribution in [3.05, 3.63) is 50.2 Å². The van der Waals surface area contributed by atoms with Gasteiger partial charge in [-0.3, -0.25) is 10.5 Å². The van der Waals surface area contributed by atoms with Crippen LogP contribution in [0.25, 0.3) is 0 Å². The lowest BCUT2D eigenvalue weighted by molar-refractivity contribution is 0.543. The van der Waals surface area contributed by atoms with E-state index in [-0.39, 0.29) is 6.04 Å². The third-order valence-electron chi connectivity index (χ3n) is 3.36. The Morgan fingerprint density at radius 2 is 2.00 bits per heavy atom. The fraction of sp³-hybridized carbons (Fsp3) is 0.357. The van der Waals surface area contributed by atoms with E-state index in [0.29, 0.717) is 5.02 Å². The van der Waals surface area contributed by atoms with Gasteiger partial charge in [0.15, 0.2) is 0 Å². The molecule has 0 radical (unpaired) electrons. The quantitative estimate of drug-likeness (QED) is 0.650. The van der Waals surface area contributed by atoms with Gasteiger partial charge < -0.3 is 0 Å². The highest BCUT2D eigenvalue weighted by atomic mass is 79.9. The number of nitrogens with one attached hydrogen (secondary N) is 1. The van der Waals surface area contributed by atoms with Gasteiger partial charge in [0.1, 0.15) is 0 Å². The minimum absolute atomic E-state index is 0.185. The zero-order chi connectivity index (χ0) is 14.9. The van der Waals surface area contributed by atoms with E-state index in [2.05, 4.69) is 52.4 Å². The van der Waals surface area contributed by atoms with E-state index in [9.17, 15) is 0 Å². The summed E-state index contributed by atoms with van der Waals surface area (Å²) in [6.45, 7) is 6.90. The summed E-state index contributed by atoms with van der Waals surface area (Å²) >= 11 is 9.85. The van der Waals surface area contributed by atoms with Gasteiger partial charge in [-0.1, -0.05) is 39.7 Å². The second-order valence-electron chi connectivity index (χ2n) is 4.76. The zero-order valence-electron chi connectivity index (χ0n) is 11.7. The normalized spacial score (nSPS) is 12.7. The second-order valence-corrected chi connectivity index (χ2v) is 5.96. The first-order valence-corrected chi connectivity index (χ1v) is 7.60. The van der Waals surface area contributed by atoms with E-state index >= 15 is 0 Å². The van der Waals surface area contributed by atoms with Crippen molar-refractivity contribution in [1.82, 2.24) is 15.2 Å². The van der Waals surface area contributed by atoms with Crippen LogP contribution in [-0.4, -0.2) is 9.78 Å². The molecule has 1 aromatic carbocycles. The van der Waals surface area contributed by atoms with Crippen LogP contribution in [0.2, 0.25) is 5.02 Å². The topological polar surface area (TPSA) is 55.9 Å². The first-order chi connectivity index (χ1) is 9.49. The number of aryl methyl sites for hydroxylation is 3. The second kappa shape index (κ2) is 6.26. The predicted molar refractivity (Wildman–Crippen MR) is 85.7 cm³/mol. The third-order valence-corrected chi connectivity index (χ3v) is 4.91. The van der Waals surface area contributed by atoms with Gasteiger partial charge in [0.25, 0.3) is 0 Å². The summed E-state index contributed by atoms with van der Waals surface area (Å²) in [5.74, 6) is 5.77. The number of hydrogen-bond donors (Lipinski definition) is 2. The summed E-state index contributed by atoms with van der Waals surface area (Å²) in [6, 6.07) is 4.02. The molecule has 0 spiro atoms. The lowest BCUT2D eigenvalue weighted by Crippen LogP contribution is -2.31. The van der Waals surface area contributed by atoms with Gasteiger partial charge in [0.2, 0.25) is 0 Å². The molecule has 2 rings (SSSR count). The molecule has 0 fully saturated rings. The maximum atomic E-state index is 6.27. The number of hydrogen-bond acceptors (Lipinski definition) is 3. The number of nitrogens with two attached hydrogens (primary N) is 1. The summed E-state index contributed by atoms with van der Waals surface area (Å²) in [4.78, 5) is 0. The van der Waals surface area contributed by atoms with Crippen molar-refractivity contribution in [2.24, 2.45) is 5.84 Å². The number of rotatable bonds is 4. The Bertz CT molecular complexity index is 601. The zero-order valence-corrected chi connectivity index (χ0v) is 14.1. The van der Waals surface area contributed by atoms with Gasteiger partial charge in [-0.25, -0.2) is 5.43 Å². The van der Waals surface area contributed by atoms with Gasteiger partial charge in [0.05, 0.1) is 23.0 Å². The summed E-state index contributed by atoms with van der Waals surface area (Å²) < 4.78 is 2.98. The molecular weight excluding hydrogens is 340 g/mol. The molecule has 0 amide bonds. The van der Waals surface area contributed by atoms with Crippen LogP contribution in [0.15, 0.2) is 22.8 Å². The fourth-order valence-corrected chi connectivity index (χ4v) is 2.87. The van der Waals surface area contributed by atoms with Crippen LogP contribution >= 0.6 is 27.5 Å². The minimum Gasteiger partial charge on any atom is -0.271 e. The SMILES string of the molecule is CCn1ncc(Cl)c1C(NN)c1cc(C)c(Br)c(C)c1. The minimum atomic E-state index is -0.185. The van der Waals surface area contributed by atoms with Gasteiger partial charge in [-0.15, -0.1) is 0 Å². The van der Waals surface area contributed by atoms with Gasteiger partial charge in [-0.2, -0.15) is 5.10 Å². The van der Waals surface area contributed by atoms with Crippen molar-refractivity contribution in [2.45, 2.75) is 33.4 Å². The molecule has 1 atom stereocenters. The van der Waals surface area contributed by atoms with Crippen molar-refractivity contribution < 1.29 is 0 Å². The molecule has 0 bridgehead atoms. The maximum absolute atomic E-state index is 6.27. The highest BCUT2D eigenvalue weighted by Gasteiger charge is 2.21. The number of hydrazine groups is 1. The van der Waals surface area contributed by atoms with Crippen molar-refractivity contribution in [3.63, 3.8) is 0 Å². The van der Waals surface area contributed by atoms with E-state index in [1.54, 1.807) is 6.20 Å². The predicted octanol–water partition coefficient (Wildman–Crippen LogP) is 3.49. The Labute approximate surface area is 132 Å².